The highest BCUT2D eigenvalue weighted by Crippen LogP contribution is 2.14. The lowest BCUT2D eigenvalue weighted by Crippen LogP contribution is -2.23. The van der Waals surface area contributed by atoms with E-state index < -0.39 is 0 Å². The van der Waals surface area contributed by atoms with Gasteiger partial charge in [0, 0.05) is 0 Å². The normalized spacial score (nSPS) is 10.5. The number of halogens is 1. The van der Waals surface area contributed by atoms with Gasteiger partial charge in [0.2, 0.25) is 0 Å². The summed E-state index contributed by atoms with van der Waals surface area (Å²) in [5, 5.41) is 3.98. The first-order valence-electron chi connectivity index (χ1n) is 6.19. The van der Waals surface area contributed by atoms with Crippen LogP contribution in [0.1, 0.15) is 11.1 Å². The van der Waals surface area contributed by atoms with E-state index in [-0.39, 0.29) is 10.9 Å². The average Bonchev–Trinajstić information content (AvgIpc) is 2.47. The topological polar surface area (TPSA) is 59.6 Å². The van der Waals surface area contributed by atoms with E-state index >= 15 is 0 Å². The first-order valence-corrected chi connectivity index (χ1v) is 6.60. The summed E-state index contributed by atoms with van der Waals surface area (Å²) in [5.74, 6) is 0.431. The largest absolute Gasteiger partial charge is 0.489 e. The maximum absolute atomic E-state index is 12.8. The molecule has 0 radical (unpaired) electrons. The molecule has 0 saturated heterocycles. The molecule has 0 spiro atoms. The third kappa shape index (κ3) is 5.19. The van der Waals surface area contributed by atoms with E-state index in [4.69, 9.17) is 10.5 Å². The third-order valence-electron chi connectivity index (χ3n) is 2.57. The van der Waals surface area contributed by atoms with Gasteiger partial charge in [-0.05, 0) is 47.6 Å². The van der Waals surface area contributed by atoms with Crippen molar-refractivity contribution in [3.8, 4) is 5.75 Å². The van der Waals surface area contributed by atoms with Gasteiger partial charge >= 0.3 is 0 Å². The Morgan fingerprint density at radius 3 is 2.76 bits per heavy atom. The van der Waals surface area contributed by atoms with Crippen LogP contribution in [0.25, 0.3) is 0 Å². The predicted octanol–water partition coefficient (Wildman–Crippen LogP) is 2.57. The van der Waals surface area contributed by atoms with Crippen molar-refractivity contribution in [2.75, 3.05) is 0 Å². The molecule has 21 heavy (non-hydrogen) atoms. The lowest BCUT2D eigenvalue weighted by atomic mass is 10.2. The number of benzene rings is 2. The smallest absolute Gasteiger partial charge is 0.184 e. The fraction of sp³-hybridized carbons (Fsp3) is 0.0667. The Bertz CT molecular complexity index is 644. The minimum atomic E-state index is -0.262. The number of hydrogen-bond acceptors (Lipinski definition) is 3. The summed E-state index contributed by atoms with van der Waals surface area (Å²) in [4.78, 5) is 0. The highest BCUT2D eigenvalue weighted by atomic mass is 32.1. The number of ether oxygens (including phenoxy) is 1. The molecule has 2 rings (SSSR count). The Kier molecular flexibility index (Phi) is 5.22. The van der Waals surface area contributed by atoms with Crippen LogP contribution in [0.5, 0.6) is 5.75 Å². The SMILES string of the molecule is NC(=S)N/N=C\c1cccc(OCc2ccc(F)cc2)c1. The average molecular weight is 303 g/mol. The molecule has 4 nitrogen and oxygen atoms in total. The lowest BCUT2D eigenvalue weighted by molar-refractivity contribution is 0.306. The molecule has 0 aliphatic heterocycles. The van der Waals surface area contributed by atoms with E-state index in [1.54, 1.807) is 18.3 Å². The van der Waals surface area contributed by atoms with E-state index in [0.29, 0.717) is 12.4 Å². The number of rotatable bonds is 5. The highest BCUT2D eigenvalue weighted by molar-refractivity contribution is 7.80. The first-order chi connectivity index (χ1) is 10.1. The fourth-order valence-electron chi connectivity index (χ4n) is 1.60. The molecule has 0 atom stereocenters. The van der Waals surface area contributed by atoms with Crippen molar-refractivity contribution in [1.82, 2.24) is 5.43 Å². The van der Waals surface area contributed by atoms with Crippen LogP contribution in [0.4, 0.5) is 4.39 Å². The number of hydrogen-bond donors (Lipinski definition) is 2. The van der Waals surface area contributed by atoms with Crippen LogP contribution in [0.3, 0.4) is 0 Å². The Hall–Kier alpha value is -2.47. The molecule has 108 valence electrons. The second-order valence-electron chi connectivity index (χ2n) is 4.22. The van der Waals surface area contributed by atoms with E-state index in [1.165, 1.54) is 12.1 Å². The zero-order chi connectivity index (χ0) is 15.1. The molecule has 2 aromatic rings. The highest BCUT2D eigenvalue weighted by Gasteiger charge is 1.98. The molecule has 2 aromatic carbocycles. The van der Waals surface area contributed by atoms with Gasteiger partial charge < -0.3 is 10.5 Å². The molecule has 0 heterocycles. The van der Waals surface area contributed by atoms with Crippen LogP contribution in [0.15, 0.2) is 53.6 Å². The van der Waals surface area contributed by atoms with Crippen molar-refractivity contribution in [2.24, 2.45) is 10.8 Å². The molecule has 0 amide bonds. The molecule has 0 aliphatic carbocycles. The number of nitrogens with one attached hydrogen (secondary N) is 1. The summed E-state index contributed by atoms with van der Waals surface area (Å²) >= 11 is 4.64. The fourth-order valence-corrected chi connectivity index (χ4v) is 1.66. The van der Waals surface area contributed by atoms with Gasteiger partial charge in [-0.25, -0.2) is 4.39 Å². The van der Waals surface area contributed by atoms with Gasteiger partial charge in [-0.2, -0.15) is 5.10 Å². The second kappa shape index (κ2) is 7.35. The van der Waals surface area contributed by atoms with Crippen molar-refractivity contribution >= 4 is 23.5 Å². The summed E-state index contributed by atoms with van der Waals surface area (Å²) in [5.41, 5.74) is 9.48. The summed E-state index contributed by atoms with van der Waals surface area (Å²) in [6.07, 6.45) is 1.59. The maximum Gasteiger partial charge on any atom is 0.184 e. The van der Waals surface area contributed by atoms with Gasteiger partial charge in [0.15, 0.2) is 5.11 Å². The van der Waals surface area contributed by atoms with Crippen molar-refractivity contribution in [2.45, 2.75) is 6.61 Å². The molecule has 0 aromatic heterocycles. The van der Waals surface area contributed by atoms with Crippen LogP contribution in [-0.2, 0) is 6.61 Å². The van der Waals surface area contributed by atoms with Crippen LogP contribution in [-0.4, -0.2) is 11.3 Å². The summed E-state index contributed by atoms with van der Waals surface area (Å²) in [6.45, 7) is 0.367. The molecule has 0 unspecified atom stereocenters. The molecule has 0 saturated carbocycles. The second-order valence-corrected chi connectivity index (χ2v) is 4.66. The van der Waals surface area contributed by atoms with Crippen LogP contribution in [0.2, 0.25) is 0 Å². The van der Waals surface area contributed by atoms with Crippen molar-refractivity contribution in [3.63, 3.8) is 0 Å². The minimum Gasteiger partial charge on any atom is -0.489 e. The zero-order valence-electron chi connectivity index (χ0n) is 11.1. The minimum absolute atomic E-state index is 0.106. The van der Waals surface area contributed by atoms with E-state index in [1.807, 2.05) is 24.3 Å². The van der Waals surface area contributed by atoms with Gasteiger partial charge in [-0.3, -0.25) is 5.43 Å². The van der Waals surface area contributed by atoms with Gasteiger partial charge in [-0.15, -0.1) is 0 Å². The van der Waals surface area contributed by atoms with E-state index in [9.17, 15) is 4.39 Å². The summed E-state index contributed by atoms with van der Waals surface area (Å²) in [6, 6.07) is 13.6. The van der Waals surface area contributed by atoms with Crippen molar-refractivity contribution in [1.29, 1.82) is 0 Å². The quantitative estimate of drug-likeness (QED) is 0.506. The Morgan fingerprint density at radius 2 is 2.05 bits per heavy atom. The molecule has 0 aliphatic rings. The standard InChI is InChI=1S/C15H14FN3OS/c16-13-6-4-11(5-7-13)10-20-14-3-1-2-12(8-14)9-18-19-15(17)21/h1-9H,10H2,(H3,17,19,21)/b18-9-. The van der Waals surface area contributed by atoms with Crippen LogP contribution >= 0.6 is 12.2 Å². The first kappa shape index (κ1) is 14.9. The van der Waals surface area contributed by atoms with E-state index in [0.717, 1.165) is 11.1 Å². The number of nitrogens with two attached hydrogens (primary N) is 1. The summed E-state index contributed by atoms with van der Waals surface area (Å²) < 4.78 is 18.4. The molecule has 3 N–H and O–H groups in total. The van der Waals surface area contributed by atoms with Gasteiger partial charge in [0.25, 0.3) is 0 Å². The monoisotopic (exact) mass is 303 g/mol. The molecule has 6 heteroatoms. The Labute approximate surface area is 127 Å². The molecular formula is C15H14FN3OS. The van der Waals surface area contributed by atoms with Gasteiger partial charge in [-0.1, -0.05) is 24.3 Å². The van der Waals surface area contributed by atoms with E-state index in [2.05, 4.69) is 22.7 Å². The predicted molar refractivity (Wildman–Crippen MR) is 84.7 cm³/mol. The zero-order valence-corrected chi connectivity index (χ0v) is 11.9. The number of hydrazone groups is 1. The van der Waals surface area contributed by atoms with Gasteiger partial charge in [0.1, 0.15) is 18.2 Å². The molecule has 0 bridgehead atoms. The van der Waals surface area contributed by atoms with Crippen LogP contribution in [0, 0.1) is 5.82 Å². The van der Waals surface area contributed by atoms with Crippen molar-refractivity contribution in [3.05, 3.63) is 65.5 Å². The third-order valence-corrected chi connectivity index (χ3v) is 2.66. The lowest BCUT2D eigenvalue weighted by Gasteiger charge is -2.07. The maximum atomic E-state index is 12.8. The van der Waals surface area contributed by atoms with Crippen molar-refractivity contribution < 1.29 is 9.13 Å². The summed E-state index contributed by atoms with van der Waals surface area (Å²) in [7, 11) is 0. The molecule has 0 fully saturated rings. The van der Waals surface area contributed by atoms with Crippen LogP contribution < -0.4 is 15.9 Å². The molecular weight excluding hydrogens is 289 g/mol. The number of thiocarbonyl (C=S) groups is 1. The Morgan fingerprint density at radius 1 is 1.29 bits per heavy atom. The van der Waals surface area contributed by atoms with Gasteiger partial charge in [0.05, 0.1) is 6.21 Å². The Balaban J connectivity index is 1.96. The number of nitrogens with zero attached hydrogens (tertiary/aromatic N) is 1.